The van der Waals surface area contributed by atoms with Crippen molar-refractivity contribution in [1.82, 2.24) is 16.0 Å². The number of nitrogens with one attached hydrogen (secondary N) is 3. The molecule has 0 aromatic heterocycles. The normalized spacial score (nSPS) is 18.4. The van der Waals surface area contributed by atoms with Crippen molar-refractivity contribution in [3.63, 3.8) is 0 Å². The quantitative estimate of drug-likeness (QED) is 0.678. The topological polar surface area (TPSA) is 70.2 Å². The van der Waals surface area contributed by atoms with Crippen LogP contribution in [0.25, 0.3) is 0 Å². The first kappa shape index (κ1) is 19.4. The van der Waals surface area contributed by atoms with Crippen LogP contribution in [0.2, 0.25) is 0 Å². The van der Waals surface area contributed by atoms with E-state index in [0.29, 0.717) is 36.9 Å². The molecule has 0 bridgehead atoms. The Morgan fingerprint density at radius 2 is 2.16 bits per heavy atom. The molecule has 0 spiro atoms. The Balaban J connectivity index is 1.79. The van der Waals surface area contributed by atoms with Crippen LogP contribution in [-0.4, -0.2) is 31.4 Å². The van der Waals surface area contributed by atoms with Gasteiger partial charge in [0.25, 0.3) is 5.91 Å². The molecule has 2 atom stereocenters. The largest absolute Gasteiger partial charge is 0.352 e. The van der Waals surface area contributed by atoms with Crippen molar-refractivity contribution >= 4 is 11.8 Å². The highest BCUT2D eigenvalue weighted by Gasteiger charge is 2.21. The molecule has 1 heterocycles. The zero-order valence-electron chi connectivity index (χ0n) is 15.4. The van der Waals surface area contributed by atoms with Crippen LogP contribution in [0.1, 0.15) is 55.5 Å². The van der Waals surface area contributed by atoms with Crippen molar-refractivity contribution in [3.05, 3.63) is 35.4 Å². The highest BCUT2D eigenvalue weighted by Crippen LogP contribution is 2.22. The van der Waals surface area contributed by atoms with Gasteiger partial charge < -0.3 is 16.0 Å². The first-order chi connectivity index (χ1) is 12.1. The average molecular weight is 345 g/mol. The lowest BCUT2D eigenvalue weighted by molar-refractivity contribution is -0.122. The SMILES string of the molecule is CCCNC(=O)c1cccc(CNC(=O)CC(C)C2CCCNC2)c1. The molecule has 1 aromatic carbocycles. The molecule has 1 saturated heterocycles. The lowest BCUT2D eigenvalue weighted by atomic mass is 9.85. The average Bonchev–Trinajstić information content (AvgIpc) is 2.65. The number of benzene rings is 1. The van der Waals surface area contributed by atoms with E-state index in [1.165, 1.54) is 12.8 Å². The molecule has 0 aliphatic carbocycles. The second-order valence-electron chi connectivity index (χ2n) is 7.02. The highest BCUT2D eigenvalue weighted by atomic mass is 16.2. The van der Waals surface area contributed by atoms with Crippen molar-refractivity contribution in [2.75, 3.05) is 19.6 Å². The molecule has 25 heavy (non-hydrogen) atoms. The van der Waals surface area contributed by atoms with Crippen LogP contribution in [0.15, 0.2) is 24.3 Å². The van der Waals surface area contributed by atoms with E-state index in [2.05, 4.69) is 22.9 Å². The molecule has 1 aromatic rings. The van der Waals surface area contributed by atoms with Crippen molar-refractivity contribution in [2.45, 2.75) is 46.1 Å². The van der Waals surface area contributed by atoms with Crippen LogP contribution in [0, 0.1) is 11.8 Å². The van der Waals surface area contributed by atoms with Gasteiger partial charge in [0, 0.05) is 25.1 Å². The van der Waals surface area contributed by atoms with E-state index in [1.807, 2.05) is 25.1 Å². The Morgan fingerprint density at radius 3 is 2.88 bits per heavy atom. The third-order valence-corrected chi connectivity index (χ3v) is 4.86. The van der Waals surface area contributed by atoms with E-state index >= 15 is 0 Å². The molecule has 138 valence electrons. The van der Waals surface area contributed by atoms with E-state index in [0.717, 1.165) is 25.1 Å². The number of carbonyl (C=O) groups excluding carboxylic acids is 2. The van der Waals surface area contributed by atoms with E-state index in [9.17, 15) is 9.59 Å². The number of amides is 2. The summed E-state index contributed by atoms with van der Waals surface area (Å²) >= 11 is 0. The molecular weight excluding hydrogens is 314 g/mol. The Kier molecular flexibility index (Phi) is 7.92. The zero-order chi connectivity index (χ0) is 18.1. The van der Waals surface area contributed by atoms with Gasteiger partial charge in [0.05, 0.1) is 0 Å². The van der Waals surface area contributed by atoms with Crippen molar-refractivity contribution < 1.29 is 9.59 Å². The molecule has 1 aliphatic rings. The van der Waals surface area contributed by atoms with E-state index < -0.39 is 0 Å². The fraction of sp³-hybridized carbons (Fsp3) is 0.600. The predicted octanol–water partition coefficient (Wildman–Crippen LogP) is 2.47. The van der Waals surface area contributed by atoms with Gasteiger partial charge in [0.15, 0.2) is 0 Å². The second-order valence-corrected chi connectivity index (χ2v) is 7.02. The molecule has 5 nitrogen and oxygen atoms in total. The minimum atomic E-state index is -0.0616. The summed E-state index contributed by atoms with van der Waals surface area (Å²) in [6.07, 6.45) is 3.87. The summed E-state index contributed by atoms with van der Waals surface area (Å²) < 4.78 is 0. The molecule has 0 radical (unpaired) electrons. The Labute approximate surface area is 151 Å². The van der Waals surface area contributed by atoms with Gasteiger partial charge in [-0.05, 0) is 61.9 Å². The fourth-order valence-electron chi connectivity index (χ4n) is 3.26. The number of piperidine rings is 1. The van der Waals surface area contributed by atoms with Crippen LogP contribution >= 0.6 is 0 Å². The van der Waals surface area contributed by atoms with Crippen LogP contribution in [-0.2, 0) is 11.3 Å². The molecule has 2 unspecified atom stereocenters. The smallest absolute Gasteiger partial charge is 0.251 e. The monoisotopic (exact) mass is 345 g/mol. The number of rotatable bonds is 8. The highest BCUT2D eigenvalue weighted by molar-refractivity contribution is 5.94. The summed E-state index contributed by atoms with van der Waals surface area (Å²) in [6, 6.07) is 7.44. The van der Waals surface area contributed by atoms with E-state index in [4.69, 9.17) is 0 Å². The second kappa shape index (κ2) is 10.2. The van der Waals surface area contributed by atoms with Gasteiger partial charge in [-0.15, -0.1) is 0 Å². The van der Waals surface area contributed by atoms with Crippen LogP contribution in [0.5, 0.6) is 0 Å². The van der Waals surface area contributed by atoms with Gasteiger partial charge in [-0.25, -0.2) is 0 Å². The van der Waals surface area contributed by atoms with Gasteiger partial charge in [-0.3, -0.25) is 9.59 Å². The zero-order valence-corrected chi connectivity index (χ0v) is 15.4. The van der Waals surface area contributed by atoms with E-state index in [-0.39, 0.29) is 11.8 Å². The third-order valence-electron chi connectivity index (χ3n) is 4.86. The summed E-state index contributed by atoms with van der Waals surface area (Å²) in [6.45, 7) is 7.44. The number of carbonyl (C=O) groups is 2. The van der Waals surface area contributed by atoms with Gasteiger partial charge in [-0.2, -0.15) is 0 Å². The first-order valence-electron chi connectivity index (χ1n) is 9.44. The Bertz CT molecular complexity index is 568. The predicted molar refractivity (Wildman–Crippen MR) is 100 cm³/mol. The van der Waals surface area contributed by atoms with Gasteiger partial charge in [0.1, 0.15) is 0 Å². The lowest BCUT2D eigenvalue weighted by Crippen LogP contribution is -2.35. The standard InChI is InChI=1S/C20H31N3O2/c1-3-9-22-20(25)17-7-4-6-16(12-17)13-23-19(24)11-15(2)18-8-5-10-21-14-18/h4,6-7,12,15,18,21H,3,5,8-11,13-14H2,1-2H3,(H,22,25)(H,23,24). The van der Waals surface area contributed by atoms with Crippen LogP contribution < -0.4 is 16.0 Å². The minimum Gasteiger partial charge on any atom is -0.352 e. The molecule has 3 N–H and O–H groups in total. The third kappa shape index (κ3) is 6.50. The maximum atomic E-state index is 12.2. The number of hydrogen-bond donors (Lipinski definition) is 3. The number of hydrogen-bond acceptors (Lipinski definition) is 3. The first-order valence-corrected chi connectivity index (χ1v) is 9.44. The Morgan fingerprint density at radius 1 is 1.32 bits per heavy atom. The van der Waals surface area contributed by atoms with Crippen LogP contribution in [0.3, 0.4) is 0 Å². The molecule has 5 heteroatoms. The molecule has 1 fully saturated rings. The summed E-state index contributed by atoms with van der Waals surface area (Å²) in [5.74, 6) is 0.997. The summed E-state index contributed by atoms with van der Waals surface area (Å²) in [5.41, 5.74) is 1.59. The van der Waals surface area contributed by atoms with Gasteiger partial charge in [0.2, 0.25) is 5.91 Å². The molecule has 1 aliphatic heterocycles. The van der Waals surface area contributed by atoms with Crippen molar-refractivity contribution in [1.29, 1.82) is 0 Å². The van der Waals surface area contributed by atoms with Crippen molar-refractivity contribution in [3.8, 4) is 0 Å². The summed E-state index contributed by atoms with van der Waals surface area (Å²) in [5, 5.41) is 9.27. The minimum absolute atomic E-state index is 0.0616. The van der Waals surface area contributed by atoms with Crippen LogP contribution in [0.4, 0.5) is 0 Å². The lowest BCUT2D eigenvalue weighted by Gasteiger charge is -2.28. The molecule has 2 rings (SSSR count). The summed E-state index contributed by atoms with van der Waals surface area (Å²) in [7, 11) is 0. The molecule has 2 amide bonds. The Hall–Kier alpha value is -1.88. The van der Waals surface area contributed by atoms with Gasteiger partial charge in [-0.1, -0.05) is 26.0 Å². The van der Waals surface area contributed by atoms with Crippen molar-refractivity contribution in [2.24, 2.45) is 11.8 Å². The maximum Gasteiger partial charge on any atom is 0.251 e. The molecular formula is C20H31N3O2. The fourth-order valence-corrected chi connectivity index (χ4v) is 3.26. The van der Waals surface area contributed by atoms with Gasteiger partial charge >= 0.3 is 0 Å². The molecule has 0 saturated carbocycles. The summed E-state index contributed by atoms with van der Waals surface area (Å²) in [4.78, 5) is 24.2. The maximum absolute atomic E-state index is 12.2. The van der Waals surface area contributed by atoms with E-state index in [1.54, 1.807) is 6.07 Å².